The molecule has 90 valence electrons. The van der Waals surface area contributed by atoms with Crippen LogP contribution in [0.3, 0.4) is 0 Å². The predicted molar refractivity (Wildman–Crippen MR) is 67.8 cm³/mol. The minimum absolute atomic E-state index is 0.364. The molecule has 0 saturated carbocycles. The van der Waals surface area contributed by atoms with Crippen LogP contribution < -0.4 is 10.6 Å². The Bertz CT molecular complexity index is 461. The van der Waals surface area contributed by atoms with E-state index in [1.54, 1.807) is 0 Å². The molecule has 2 N–H and O–H groups in total. The van der Waals surface area contributed by atoms with Gasteiger partial charge < -0.3 is 10.6 Å². The van der Waals surface area contributed by atoms with Gasteiger partial charge in [0.25, 0.3) is 0 Å². The first-order valence-electron chi connectivity index (χ1n) is 6.02. The van der Waals surface area contributed by atoms with Crippen molar-refractivity contribution >= 4 is 5.69 Å². The molecule has 1 saturated heterocycles. The summed E-state index contributed by atoms with van der Waals surface area (Å²) in [5.74, 6) is 0. The average molecular weight is 230 g/mol. The summed E-state index contributed by atoms with van der Waals surface area (Å²) in [7, 11) is 0. The summed E-state index contributed by atoms with van der Waals surface area (Å²) in [6, 6.07) is 4.63. The van der Waals surface area contributed by atoms with Crippen LogP contribution >= 0.6 is 0 Å². The van der Waals surface area contributed by atoms with Crippen molar-refractivity contribution in [2.24, 2.45) is 5.73 Å². The van der Waals surface area contributed by atoms with Crippen molar-refractivity contribution in [3.8, 4) is 6.07 Å². The third kappa shape index (κ3) is 2.11. The molecule has 0 bridgehead atoms. The second-order valence-corrected chi connectivity index (χ2v) is 4.58. The highest BCUT2D eigenvalue weighted by Crippen LogP contribution is 2.29. The third-order valence-corrected chi connectivity index (χ3v) is 3.38. The smallest absolute Gasteiger partial charge is 0.103 e. The fourth-order valence-corrected chi connectivity index (χ4v) is 2.57. The molecule has 1 aromatic rings. The Morgan fingerprint density at radius 3 is 3.00 bits per heavy atom. The number of nitriles is 1. The van der Waals surface area contributed by atoms with Crippen LogP contribution in [-0.2, 0) is 0 Å². The molecule has 1 aliphatic heterocycles. The van der Waals surface area contributed by atoms with Gasteiger partial charge in [-0.2, -0.15) is 5.26 Å². The molecule has 1 aliphatic rings. The first-order chi connectivity index (χ1) is 8.17. The second kappa shape index (κ2) is 4.72. The molecule has 4 heteroatoms. The van der Waals surface area contributed by atoms with Crippen molar-refractivity contribution in [2.75, 3.05) is 18.0 Å². The zero-order valence-electron chi connectivity index (χ0n) is 10.4. The van der Waals surface area contributed by atoms with E-state index in [1.807, 2.05) is 19.9 Å². The highest BCUT2D eigenvalue weighted by molar-refractivity contribution is 5.62. The zero-order valence-corrected chi connectivity index (χ0v) is 10.4. The highest BCUT2D eigenvalue weighted by Gasteiger charge is 2.26. The molecule has 2 heterocycles. The van der Waals surface area contributed by atoms with Crippen LogP contribution in [0.5, 0.6) is 0 Å². The zero-order chi connectivity index (χ0) is 12.4. The number of aryl methyl sites for hydroxylation is 2. The molecule has 0 spiro atoms. The Hall–Kier alpha value is -1.60. The van der Waals surface area contributed by atoms with Gasteiger partial charge in [0.1, 0.15) is 6.07 Å². The predicted octanol–water partition coefficient (Wildman–Crippen LogP) is 1.50. The Balaban J connectivity index is 2.47. The molecule has 1 fully saturated rings. The molecular weight excluding hydrogens is 212 g/mol. The molecule has 0 radical (unpaired) electrons. The van der Waals surface area contributed by atoms with Crippen molar-refractivity contribution in [1.29, 1.82) is 5.26 Å². The second-order valence-electron chi connectivity index (χ2n) is 4.58. The molecule has 2 rings (SSSR count). The molecular formula is C13H18N4. The minimum Gasteiger partial charge on any atom is -0.366 e. The van der Waals surface area contributed by atoms with Gasteiger partial charge in [-0.15, -0.1) is 0 Å². The van der Waals surface area contributed by atoms with Crippen molar-refractivity contribution < 1.29 is 0 Å². The van der Waals surface area contributed by atoms with Crippen molar-refractivity contribution in [3.63, 3.8) is 0 Å². The van der Waals surface area contributed by atoms with Crippen LogP contribution in [0.15, 0.2) is 6.07 Å². The lowest BCUT2D eigenvalue weighted by atomic mass is 10.1. The highest BCUT2D eigenvalue weighted by atomic mass is 15.2. The van der Waals surface area contributed by atoms with Gasteiger partial charge in [0.15, 0.2) is 0 Å². The van der Waals surface area contributed by atoms with Gasteiger partial charge in [-0.05, 0) is 32.8 Å². The fraction of sp³-hybridized carbons (Fsp3) is 0.538. The summed E-state index contributed by atoms with van der Waals surface area (Å²) >= 11 is 0. The molecule has 1 aromatic heterocycles. The minimum atomic E-state index is 0.364. The van der Waals surface area contributed by atoms with Crippen molar-refractivity contribution in [3.05, 3.63) is 23.0 Å². The van der Waals surface area contributed by atoms with Gasteiger partial charge in [0.2, 0.25) is 0 Å². The van der Waals surface area contributed by atoms with E-state index in [0.29, 0.717) is 18.2 Å². The monoisotopic (exact) mass is 230 g/mol. The summed E-state index contributed by atoms with van der Waals surface area (Å²) in [6.45, 7) is 5.48. The van der Waals surface area contributed by atoms with Crippen LogP contribution in [0, 0.1) is 25.2 Å². The number of nitrogens with two attached hydrogens (primary N) is 1. The average Bonchev–Trinajstić information content (AvgIpc) is 2.75. The standard InChI is InChI=1S/C13H18N4/c1-9-6-13(12(8-15)10(2)16-9)17-5-3-4-11(17)7-14/h6,11H,3-5,7,14H2,1-2H3. The van der Waals surface area contributed by atoms with E-state index in [0.717, 1.165) is 36.5 Å². The van der Waals surface area contributed by atoms with Crippen LogP contribution in [0.25, 0.3) is 0 Å². The SMILES string of the molecule is Cc1cc(N2CCCC2CN)c(C#N)c(C)n1. The summed E-state index contributed by atoms with van der Waals surface area (Å²) in [4.78, 5) is 6.61. The topological polar surface area (TPSA) is 65.9 Å². The third-order valence-electron chi connectivity index (χ3n) is 3.38. The van der Waals surface area contributed by atoms with Crippen LogP contribution in [0.4, 0.5) is 5.69 Å². The number of rotatable bonds is 2. The van der Waals surface area contributed by atoms with E-state index in [1.165, 1.54) is 0 Å². The first-order valence-corrected chi connectivity index (χ1v) is 6.02. The van der Waals surface area contributed by atoms with Crippen LogP contribution in [-0.4, -0.2) is 24.1 Å². The number of hydrogen-bond acceptors (Lipinski definition) is 4. The molecule has 0 amide bonds. The van der Waals surface area contributed by atoms with E-state index < -0.39 is 0 Å². The maximum Gasteiger partial charge on any atom is 0.103 e. The Kier molecular flexibility index (Phi) is 3.30. The lowest BCUT2D eigenvalue weighted by Gasteiger charge is -2.27. The van der Waals surface area contributed by atoms with Gasteiger partial charge in [0, 0.05) is 24.8 Å². The summed E-state index contributed by atoms with van der Waals surface area (Å²) in [5, 5.41) is 9.26. The van der Waals surface area contributed by atoms with E-state index >= 15 is 0 Å². The molecule has 0 aliphatic carbocycles. The lowest BCUT2D eigenvalue weighted by Crippen LogP contribution is -2.36. The van der Waals surface area contributed by atoms with E-state index in [-0.39, 0.29) is 0 Å². The fourth-order valence-electron chi connectivity index (χ4n) is 2.57. The number of pyridine rings is 1. The van der Waals surface area contributed by atoms with Crippen molar-refractivity contribution in [2.45, 2.75) is 32.7 Å². The Morgan fingerprint density at radius 1 is 1.59 bits per heavy atom. The number of hydrogen-bond donors (Lipinski definition) is 1. The maximum absolute atomic E-state index is 9.26. The quantitative estimate of drug-likeness (QED) is 0.836. The van der Waals surface area contributed by atoms with Gasteiger partial charge in [-0.25, -0.2) is 0 Å². The Labute approximate surface area is 102 Å². The first kappa shape index (κ1) is 11.9. The lowest BCUT2D eigenvalue weighted by molar-refractivity contribution is 0.676. The van der Waals surface area contributed by atoms with Gasteiger partial charge in [0.05, 0.1) is 16.9 Å². The van der Waals surface area contributed by atoms with E-state index in [4.69, 9.17) is 5.73 Å². The van der Waals surface area contributed by atoms with Gasteiger partial charge >= 0.3 is 0 Å². The van der Waals surface area contributed by atoms with Gasteiger partial charge in [-0.3, -0.25) is 4.98 Å². The normalized spacial score (nSPS) is 19.4. The number of aromatic nitrogens is 1. The molecule has 1 atom stereocenters. The summed E-state index contributed by atoms with van der Waals surface area (Å²) in [5.41, 5.74) is 9.25. The number of nitrogens with zero attached hydrogens (tertiary/aromatic N) is 3. The molecule has 4 nitrogen and oxygen atoms in total. The number of anilines is 1. The molecule has 0 aromatic carbocycles. The van der Waals surface area contributed by atoms with Crippen LogP contribution in [0.2, 0.25) is 0 Å². The van der Waals surface area contributed by atoms with E-state index in [2.05, 4.69) is 16.0 Å². The maximum atomic E-state index is 9.26. The van der Waals surface area contributed by atoms with E-state index in [9.17, 15) is 5.26 Å². The molecule has 1 unspecified atom stereocenters. The van der Waals surface area contributed by atoms with Crippen LogP contribution in [0.1, 0.15) is 29.8 Å². The Morgan fingerprint density at radius 2 is 2.35 bits per heavy atom. The summed E-state index contributed by atoms with van der Waals surface area (Å²) in [6.07, 6.45) is 2.26. The van der Waals surface area contributed by atoms with Gasteiger partial charge in [-0.1, -0.05) is 0 Å². The summed E-state index contributed by atoms with van der Waals surface area (Å²) < 4.78 is 0. The van der Waals surface area contributed by atoms with Crippen molar-refractivity contribution in [1.82, 2.24) is 4.98 Å². The molecule has 17 heavy (non-hydrogen) atoms. The largest absolute Gasteiger partial charge is 0.366 e.